The van der Waals surface area contributed by atoms with Crippen molar-refractivity contribution < 1.29 is 27.6 Å². The van der Waals surface area contributed by atoms with Crippen molar-refractivity contribution in [2.45, 2.75) is 42.4 Å². The van der Waals surface area contributed by atoms with E-state index in [4.69, 9.17) is 0 Å². The van der Waals surface area contributed by atoms with Gasteiger partial charge < -0.3 is 16.0 Å². The number of carbonyl (C=O) groups excluding carboxylic acids is 3. The van der Waals surface area contributed by atoms with E-state index >= 15 is 0 Å². The van der Waals surface area contributed by atoms with Crippen molar-refractivity contribution in [3.8, 4) is 0 Å². The number of alkyl halides is 3. The first-order chi connectivity index (χ1) is 15.7. The van der Waals surface area contributed by atoms with E-state index in [1.807, 2.05) is 18.4 Å². The Hall–Kier alpha value is -3.01. The monoisotopic (exact) mass is 479 g/mol. The average Bonchev–Trinajstić information content (AvgIpc) is 3.23. The van der Waals surface area contributed by atoms with Crippen LogP contribution >= 0.6 is 11.8 Å². The normalized spacial score (nSPS) is 17.9. The van der Waals surface area contributed by atoms with Gasteiger partial charge in [-0.3, -0.25) is 14.4 Å². The second kappa shape index (κ2) is 10.7. The van der Waals surface area contributed by atoms with Gasteiger partial charge in [0.1, 0.15) is 0 Å². The number of benzene rings is 2. The molecule has 0 saturated heterocycles. The van der Waals surface area contributed by atoms with E-state index in [1.54, 1.807) is 23.9 Å². The highest BCUT2D eigenvalue weighted by Crippen LogP contribution is 2.29. The highest BCUT2D eigenvalue weighted by atomic mass is 32.2. The number of thioether (sulfide) groups is 1. The van der Waals surface area contributed by atoms with Gasteiger partial charge in [-0.2, -0.15) is 13.2 Å². The van der Waals surface area contributed by atoms with Crippen molar-refractivity contribution in [2.24, 2.45) is 0 Å². The van der Waals surface area contributed by atoms with Crippen LogP contribution in [-0.2, 0) is 11.0 Å². The van der Waals surface area contributed by atoms with E-state index in [0.717, 1.165) is 29.5 Å². The van der Waals surface area contributed by atoms with Gasteiger partial charge in [0.25, 0.3) is 11.8 Å². The van der Waals surface area contributed by atoms with E-state index in [-0.39, 0.29) is 30.1 Å². The molecule has 1 fully saturated rings. The molecule has 6 nitrogen and oxygen atoms in total. The molecule has 2 aromatic carbocycles. The second-order valence-electron chi connectivity index (χ2n) is 7.67. The smallest absolute Gasteiger partial charge is 0.350 e. The Kier molecular flexibility index (Phi) is 8.01. The molecule has 0 radical (unpaired) electrons. The fraction of sp³-hybridized carbons (Fsp3) is 0.348. The van der Waals surface area contributed by atoms with E-state index < -0.39 is 23.6 Å². The summed E-state index contributed by atoms with van der Waals surface area (Å²) in [5, 5.41) is 8.08. The lowest BCUT2D eigenvalue weighted by molar-refractivity contribution is -0.137. The molecule has 1 aliphatic rings. The maximum atomic E-state index is 12.8. The van der Waals surface area contributed by atoms with E-state index in [2.05, 4.69) is 16.0 Å². The van der Waals surface area contributed by atoms with Crippen molar-refractivity contribution in [3.63, 3.8) is 0 Å². The molecule has 2 aromatic rings. The molecule has 0 aliphatic heterocycles. The quantitative estimate of drug-likeness (QED) is 0.530. The summed E-state index contributed by atoms with van der Waals surface area (Å²) < 4.78 is 38.4. The molecule has 3 amide bonds. The number of carbonyl (C=O) groups is 3. The minimum absolute atomic E-state index is 0.184. The summed E-state index contributed by atoms with van der Waals surface area (Å²) in [6.45, 7) is -0.387. The third kappa shape index (κ3) is 6.74. The minimum atomic E-state index is -4.56. The second-order valence-corrected chi connectivity index (χ2v) is 8.55. The van der Waals surface area contributed by atoms with Crippen molar-refractivity contribution in [1.29, 1.82) is 0 Å². The standard InChI is InChI=1S/C23H24F3N3O3S/c1-33-17-10-8-14(9-11-17)22(32)29-19-7-3-6-18(19)28-20(30)13-27-21(31)15-4-2-5-16(12-15)23(24,25)26/h2,4-5,8-12,18-19H,3,6-7,13H2,1H3,(H,27,31)(H,28,30)(H,29,32)/t18-,19+/m0/s1. The van der Waals surface area contributed by atoms with E-state index in [0.29, 0.717) is 18.4 Å². The molecule has 176 valence electrons. The number of hydrogen-bond donors (Lipinski definition) is 3. The lowest BCUT2D eigenvalue weighted by Gasteiger charge is -2.22. The van der Waals surface area contributed by atoms with Gasteiger partial charge in [-0.25, -0.2) is 0 Å². The third-order valence-corrected chi connectivity index (χ3v) is 6.14. The molecule has 33 heavy (non-hydrogen) atoms. The lowest BCUT2D eigenvalue weighted by atomic mass is 10.1. The summed E-state index contributed by atoms with van der Waals surface area (Å²) >= 11 is 1.58. The number of rotatable bonds is 7. The molecule has 0 aromatic heterocycles. The summed E-state index contributed by atoms with van der Waals surface area (Å²) in [5.74, 6) is -1.49. The summed E-state index contributed by atoms with van der Waals surface area (Å²) in [7, 11) is 0. The third-order valence-electron chi connectivity index (χ3n) is 5.39. The van der Waals surface area contributed by atoms with Crippen molar-refractivity contribution in [1.82, 2.24) is 16.0 Å². The van der Waals surface area contributed by atoms with Crippen LogP contribution in [0.15, 0.2) is 53.4 Å². The fourth-order valence-corrected chi connectivity index (χ4v) is 4.07. The van der Waals surface area contributed by atoms with E-state index in [1.165, 1.54) is 6.07 Å². The Bertz CT molecular complexity index is 1010. The van der Waals surface area contributed by atoms with Gasteiger partial charge in [0.05, 0.1) is 12.1 Å². The van der Waals surface area contributed by atoms with Crippen molar-refractivity contribution >= 4 is 29.5 Å². The Labute approximate surface area is 193 Å². The maximum absolute atomic E-state index is 12.8. The van der Waals surface area contributed by atoms with Gasteiger partial charge in [-0.05, 0) is 68.0 Å². The van der Waals surface area contributed by atoms with E-state index in [9.17, 15) is 27.6 Å². The van der Waals surface area contributed by atoms with Crippen LogP contribution in [0.3, 0.4) is 0 Å². The largest absolute Gasteiger partial charge is 0.416 e. The molecule has 0 heterocycles. The summed E-state index contributed by atoms with van der Waals surface area (Å²) in [6.07, 6.45) is -0.423. The lowest BCUT2D eigenvalue weighted by Crippen LogP contribution is -2.50. The molecule has 1 saturated carbocycles. The molecule has 3 rings (SSSR count). The van der Waals surface area contributed by atoms with Crippen LogP contribution in [0.2, 0.25) is 0 Å². The predicted molar refractivity (Wildman–Crippen MR) is 119 cm³/mol. The molecule has 0 spiro atoms. The summed E-state index contributed by atoms with van der Waals surface area (Å²) in [5.41, 5.74) is -0.596. The zero-order valence-corrected chi connectivity index (χ0v) is 18.7. The van der Waals surface area contributed by atoms with Crippen LogP contribution in [0.25, 0.3) is 0 Å². The highest BCUT2D eigenvalue weighted by Gasteiger charge is 2.31. The molecule has 3 N–H and O–H groups in total. The van der Waals surface area contributed by atoms with Crippen molar-refractivity contribution in [3.05, 3.63) is 65.2 Å². The zero-order chi connectivity index (χ0) is 24.0. The first-order valence-electron chi connectivity index (χ1n) is 10.4. The van der Waals surface area contributed by atoms with Crippen LogP contribution < -0.4 is 16.0 Å². The summed E-state index contributed by atoms with van der Waals surface area (Å²) in [4.78, 5) is 38.1. The first-order valence-corrected chi connectivity index (χ1v) is 11.6. The molecule has 0 bridgehead atoms. The van der Waals surface area contributed by atoms with Crippen LogP contribution in [0, 0.1) is 0 Å². The Morgan fingerprint density at radius 1 is 0.939 bits per heavy atom. The molecule has 2 atom stereocenters. The van der Waals surface area contributed by atoms with Gasteiger partial charge in [-0.1, -0.05) is 6.07 Å². The van der Waals surface area contributed by atoms with Gasteiger partial charge in [-0.15, -0.1) is 11.8 Å². The number of hydrogen-bond acceptors (Lipinski definition) is 4. The Morgan fingerprint density at radius 3 is 2.24 bits per heavy atom. The molecular weight excluding hydrogens is 455 g/mol. The van der Waals surface area contributed by atoms with Crippen LogP contribution in [0.4, 0.5) is 13.2 Å². The molecular formula is C23H24F3N3O3S. The fourth-order valence-electron chi connectivity index (χ4n) is 3.66. The van der Waals surface area contributed by atoms with Gasteiger partial charge in [0, 0.05) is 28.1 Å². The molecule has 10 heteroatoms. The first kappa shape index (κ1) is 24.6. The van der Waals surface area contributed by atoms with Crippen molar-refractivity contribution in [2.75, 3.05) is 12.8 Å². The van der Waals surface area contributed by atoms with Crippen LogP contribution in [0.1, 0.15) is 45.5 Å². The van der Waals surface area contributed by atoms with Crippen LogP contribution in [-0.4, -0.2) is 42.6 Å². The minimum Gasteiger partial charge on any atom is -0.350 e. The number of nitrogens with one attached hydrogen (secondary N) is 3. The SMILES string of the molecule is CSc1ccc(C(=O)N[C@@H]2CCC[C@@H]2NC(=O)CNC(=O)c2cccc(C(F)(F)F)c2)cc1. The van der Waals surface area contributed by atoms with Gasteiger partial charge in [0.15, 0.2) is 0 Å². The number of halogens is 3. The van der Waals surface area contributed by atoms with Gasteiger partial charge >= 0.3 is 6.18 Å². The Balaban J connectivity index is 1.51. The highest BCUT2D eigenvalue weighted by molar-refractivity contribution is 7.98. The molecule has 1 aliphatic carbocycles. The topological polar surface area (TPSA) is 87.3 Å². The predicted octanol–water partition coefficient (Wildman–Crippen LogP) is 3.62. The zero-order valence-electron chi connectivity index (χ0n) is 17.9. The van der Waals surface area contributed by atoms with Gasteiger partial charge in [0.2, 0.25) is 5.91 Å². The molecule has 0 unspecified atom stereocenters. The number of amides is 3. The average molecular weight is 480 g/mol. The maximum Gasteiger partial charge on any atom is 0.416 e. The van der Waals surface area contributed by atoms with Crippen LogP contribution in [0.5, 0.6) is 0 Å². The summed E-state index contributed by atoms with van der Waals surface area (Å²) in [6, 6.07) is 10.7. The Morgan fingerprint density at radius 2 is 1.61 bits per heavy atom.